The van der Waals surface area contributed by atoms with E-state index in [-0.39, 0.29) is 24.4 Å². The Kier molecular flexibility index (Phi) is 8.74. The highest BCUT2D eigenvalue weighted by Crippen LogP contribution is 2.57. The lowest BCUT2D eigenvalue weighted by Crippen LogP contribution is -2.35. The van der Waals surface area contributed by atoms with Gasteiger partial charge in [0.1, 0.15) is 36.9 Å². The van der Waals surface area contributed by atoms with E-state index in [1.807, 2.05) is 103 Å². The van der Waals surface area contributed by atoms with Gasteiger partial charge in [-0.3, -0.25) is 0 Å². The Morgan fingerprint density at radius 2 is 1.18 bits per heavy atom. The van der Waals surface area contributed by atoms with Crippen LogP contribution >= 0.6 is 12.5 Å². The molecule has 2 heterocycles. The van der Waals surface area contributed by atoms with Crippen LogP contribution in [0.2, 0.25) is 0 Å². The molecule has 0 bridgehead atoms. The van der Waals surface area contributed by atoms with Crippen LogP contribution in [0.25, 0.3) is 0 Å². The van der Waals surface area contributed by atoms with Crippen LogP contribution in [0.5, 0.6) is 0 Å². The van der Waals surface area contributed by atoms with E-state index in [0.717, 1.165) is 21.2 Å². The number of benzene rings is 3. The summed E-state index contributed by atoms with van der Waals surface area (Å²) in [6, 6.07) is 30.0. The predicted octanol–water partition coefficient (Wildman–Crippen LogP) is 5.58. The molecular formula is C30H30O4P2S2. The van der Waals surface area contributed by atoms with Gasteiger partial charge in [0, 0.05) is 21.2 Å². The third kappa shape index (κ3) is 5.51. The topological polar surface area (TPSA) is 36.9 Å². The lowest BCUT2D eigenvalue weighted by atomic mass is 10.1. The first-order valence-corrected chi connectivity index (χ1v) is 17.9. The fourth-order valence-electron chi connectivity index (χ4n) is 4.71. The highest BCUT2D eigenvalue weighted by atomic mass is 32.4. The molecule has 38 heavy (non-hydrogen) atoms. The normalized spacial score (nSPS) is 24.6. The number of fused-ring (bicyclic) bond motifs is 1. The number of rotatable bonds is 10. The Balaban J connectivity index is 1.39. The molecule has 2 aliphatic heterocycles. The first-order chi connectivity index (χ1) is 18.5. The van der Waals surface area contributed by atoms with Crippen LogP contribution in [-0.4, -0.2) is 37.6 Å². The van der Waals surface area contributed by atoms with Gasteiger partial charge in [-0.2, -0.15) is 0 Å². The van der Waals surface area contributed by atoms with Crippen LogP contribution in [0, 0.1) is 0 Å². The van der Waals surface area contributed by atoms with Crippen LogP contribution in [0.4, 0.5) is 0 Å². The molecule has 0 aromatic heterocycles. The molecule has 0 radical (unpaired) electrons. The highest BCUT2D eigenvalue weighted by molar-refractivity contribution is 8.19. The zero-order valence-electron chi connectivity index (χ0n) is 20.9. The Bertz CT molecular complexity index is 1350. The Morgan fingerprint density at radius 3 is 1.66 bits per heavy atom. The van der Waals surface area contributed by atoms with Crippen molar-refractivity contribution >= 4 is 52.1 Å². The molecule has 2 aliphatic rings. The highest BCUT2D eigenvalue weighted by Gasteiger charge is 2.52. The van der Waals surface area contributed by atoms with Crippen molar-refractivity contribution in [3.8, 4) is 0 Å². The summed E-state index contributed by atoms with van der Waals surface area (Å²) in [5.41, 5.74) is 0. The summed E-state index contributed by atoms with van der Waals surface area (Å²) in [5, 5.41) is 3.68. The standard InChI is InChI=1S/C30H30O4P2S2/c1-3-4-14-23(2)35(37,24-15-8-5-9-16-24)33-27-21-31-30-28(22-32-29(27)30)34-36(38,25-17-10-6-11-18-25)26-19-12-7-13-20-26/h3-20,27-30H,1-2,21-22H2. The average molecular weight is 581 g/mol. The quantitative estimate of drug-likeness (QED) is 0.231. The van der Waals surface area contributed by atoms with Crippen LogP contribution < -0.4 is 15.9 Å². The minimum absolute atomic E-state index is 0.300. The van der Waals surface area contributed by atoms with Crippen molar-refractivity contribution in [3.05, 3.63) is 128 Å². The lowest BCUT2D eigenvalue weighted by Gasteiger charge is -2.29. The van der Waals surface area contributed by atoms with Gasteiger partial charge in [-0.1, -0.05) is 146 Å². The molecule has 5 rings (SSSR count). The van der Waals surface area contributed by atoms with Crippen LogP contribution in [0.3, 0.4) is 0 Å². The minimum Gasteiger partial charge on any atom is -0.370 e. The Labute approximate surface area is 235 Å². The Hall–Kier alpha value is -1.98. The first-order valence-electron chi connectivity index (χ1n) is 12.4. The molecule has 0 aliphatic carbocycles. The smallest absolute Gasteiger partial charge is 0.123 e. The van der Waals surface area contributed by atoms with Gasteiger partial charge in [-0.25, -0.2) is 0 Å². The molecule has 0 amide bonds. The molecule has 3 aromatic carbocycles. The maximum absolute atomic E-state index is 6.81. The summed E-state index contributed by atoms with van der Waals surface area (Å²) in [7, 11) is 0. The van der Waals surface area contributed by atoms with Crippen LogP contribution in [0.15, 0.2) is 128 Å². The maximum Gasteiger partial charge on any atom is 0.123 e. The molecule has 8 heteroatoms. The minimum atomic E-state index is -2.66. The molecule has 3 aromatic rings. The molecule has 4 nitrogen and oxygen atoms in total. The van der Waals surface area contributed by atoms with E-state index < -0.39 is 12.5 Å². The summed E-state index contributed by atoms with van der Waals surface area (Å²) in [4.78, 5) is 0. The van der Waals surface area contributed by atoms with Gasteiger partial charge in [0.05, 0.1) is 13.2 Å². The van der Waals surface area contributed by atoms with Gasteiger partial charge in [0.2, 0.25) is 0 Å². The van der Waals surface area contributed by atoms with Gasteiger partial charge in [0.15, 0.2) is 0 Å². The van der Waals surface area contributed by atoms with E-state index in [2.05, 4.69) is 13.2 Å². The monoisotopic (exact) mass is 580 g/mol. The van der Waals surface area contributed by atoms with E-state index in [9.17, 15) is 0 Å². The molecule has 5 unspecified atom stereocenters. The summed E-state index contributed by atoms with van der Waals surface area (Å²) < 4.78 is 26.1. The second-order valence-corrected chi connectivity index (χ2v) is 16.9. The zero-order chi connectivity index (χ0) is 26.6. The number of allylic oxidation sites excluding steroid dienone is 4. The van der Waals surface area contributed by atoms with E-state index in [1.165, 1.54) is 0 Å². The fourth-order valence-corrected chi connectivity index (χ4v) is 10.9. The molecule has 5 atom stereocenters. The second-order valence-electron chi connectivity index (χ2n) is 9.08. The summed E-state index contributed by atoms with van der Waals surface area (Å²) in [6.45, 7) is 8.77. The summed E-state index contributed by atoms with van der Waals surface area (Å²) in [5.74, 6) is 0. The van der Waals surface area contributed by atoms with Crippen LogP contribution in [0.1, 0.15) is 0 Å². The Morgan fingerprint density at radius 1 is 0.737 bits per heavy atom. The molecule has 0 spiro atoms. The van der Waals surface area contributed by atoms with E-state index >= 15 is 0 Å². The lowest BCUT2D eigenvalue weighted by molar-refractivity contribution is 0.0261. The predicted molar refractivity (Wildman–Crippen MR) is 165 cm³/mol. The van der Waals surface area contributed by atoms with Gasteiger partial charge < -0.3 is 18.5 Å². The van der Waals surface area contributed by atoms with Crippen molar-refractivity contribution in [2.24, 2.45) is 0 Å². The number of hydrogen-bond acceptors (Lipinski definition) is 6. The van der Waals surface area contributed by atoms with Gasteiger partial charge >= 0.3 is 0 Å². The first kappa shape index (κ1) is 27.6. The number of hydrogen-bond donors (Lipinski definition) is 0. The van der Waals surface area contributed by atoms with Crippen LogP contribution in [-0.2, 0) is 42.1 Å². The molecule has 0 saturated carbocycles. The molecule has 196 valence electrons. The second kappa shape index (κ2) is 12.0. The largest absolute Gasteiger partial charge is 0.370 e. The van der Waals surface area contributed by atoms with Crippen molar-refractivity contribution in [1.82, 2.24) is 0 Å². The van der Waals surface area contributed by atoms with Gasteiger partial charge in [0.25, 0.3) is 0 Å². The van der Waals surface area contributed by atoms with E-state index in [1.54, 1.807) is 6.08 Å². The summed E-state index contributed by atoms with van der Waals surface area (Å²) >= 11 is 12.5. The zero-order valence-corrected chi connectivity index (χ0v) is 24.3. The molecular weight excluding hydrogens is 550 g/mol. The van der Waals surface area contributed by atoms with Crippen molar-refractivity contribution in [1.29, 1.82) is 0 Å². The maximum atomic E-state index is 6.81. The average Bonchev–Trinajstić information content (AvgIpc) is 3.55. The van der Waals surface area contributed by atoms with Crippen molar-refractivity contribution in [2.75, 3.05) is 13.2 Å². The number of ether oxygens (including phenoxy) is 2. The van der Waals surface area contributed by atoms with E-state index in [0.29, 0.717) is 13.2 Å². The third-order valence-corrected chi connectivity index (χ3v) is 14.7. The van der Waals surface area contributed by atoms with Crippen molar-refractivity contribution in [3.63, 3.8) is 0 Å². The third-order valence-electron chi connectivity index (χ3n) is 6.62. The van der Waals surface area contributed by atoms with Gasteiger partial charge in [-0.15, -0.1) is 0 Å². The van der Waals surface area contributed by atoms with E-state index in [4.69, 9.17) is 42.1 Å². The molecule has 2 fully saturated rings. The SMILES string of the molecule is C=CC=CC(=C)P(=S)(OC1COC2C(OP(=S)(c3ccccc3)c3ccccc3)COC12)c1ccccc1. The molecule has 2 saturated heterocycles. The van der Waals surface area contributed by atoms with Crippen molar-refractivity contribution in [2.45, 2.75) is 24.4 Å². The fraction of sp³-hybridized carbons (Fsp3) is 0.200. The molecule has 0 N–H and O–H groups in total. The van der Waals surface area contributed by atoms with Crippen molar-refractivity contribution < 1.29 is 18.5 Å². The van der Waals surface area contributed by atoms with Gasteiger partial charge in [-0.05, 0) is 0 Å². The summed E-state index contributed by atoms with van der Waals surface area (Å²) in [6.07, 6.45) is -1.09.